The minimum Gasteiger partial charge on any atom is -0.478 e. The van der Waals surface area contributed by atoms with Crippen LogP contribution in [0, 0.1) is 5.82 Å². The van der Waals surface area contributed by atoms with E-state index in [0.29, 0.717) is 11.3 Å². The Morgan fingerprint density at radius 3 is 2.73 bits per heavy atom. The zero-order chi connectivity index (χ0) is 10.8. The molecule has 15 heavy (non-hydrogen) atoms. The second-order valence-corrected chi connectivity index (χ2v) is 2.96. The zero-order valence-corrected chi connectivity index (χ0v) is 7.57. The Morgan fingerprint density at radius 1 is 1.40 bits per heavy atom. The van der Waals surface area contributed by atoms with Gasteiger partial charge in [0.15, 0.2) is 0 Å². The van der Waals surface area contributed by atoms with Crippen molar-refractivity contribution in [2.45, 2.75) is 0 Å². The van der Waals surface area contributed by atoms with Gasteiger partial charge >= 0.3 is 5.97 Å². The Kier molecular flexibility index (Phi) is 2.21. The van der Waals surface area contributed by atoms with Crippen LogP contribution in [0.5, 0.6) is 0 Å². The standard InChI is InChI=1S/C10H7FN2O2/c11-8-5-6(9-3-4-12-13-9)1-2-7(8)10(14)15/h1-5H,(H,12,13)(H,14,15). The van der Waals surface area contributed by atoms with Crippen molar-refractivity contribution in [1.29, 1.82) is 0 Å². The molecule has 0 radical (unpaired) electrons. The van der Waals surface area contributed by atoms with E-state index in [1.54, 1.807) is 12.3 Å². The molecule has 0 spiro atoms. The van der Waals surface area contributed by atoms with Gasteiger partial charge in [-0.2, -0.15) is 5.10 Å². The van der Waals surface area contributed by atoms with Gasteiger partial charge in [-0.15, -0.1) is 0 Å². The summed E-state index contributed by atoms with van der Waals surface area (Å²) in [5, 5.41) is 15.1. The van der Waals surface area contributed by atoms with Crippen LogP contribution in [0.15, 0.2) is 30.5 Å². The van der Waals surface area contributed by atoms with Crippen LogP contribution in [0.4, 0.5) is 4.39 Å². The van der Waals surface area contributed by atoms with Crippen LogP contribution in [0.2, 0.25) is 0 Å². The van der Waals surface area contributed by atoms with Crippen molar-refractivity contribution in [2.75, 3.05) is 0 Å². The van der Waals surface area contributed by atoms with E-state index in [1.807, 2.05) is 0 Å². The highest BCUT2D eigenvalue weighted by Crippen LogP contribution is 2.19. The molecule has 0 amide bonds. The maximum Gasteiger partial charge on any atom is 0.338 e. The number of aromatic nitrogens is 2. The van der Waals surface area contributed by atoms with Gasteiger partial charge < -0.3 is 5.11 Å². The molecule has 2 aromatic rings. The Hall–Kier alpha value is -2.17. The number of nitrogens with one attached hydrogen (secondary N) is 1. The summed E-state index contributed by atoms with van der Waals surface area (Å²) in [4.78, 5) is 10.6. The van der Waals surface area contributed by atoms with Crippen LogP contribution >= 0.6 is 0 Å². The van der Waals surface area contributed by atoms with E-state index in [9.17, 15) is 9.18 Å². The van der Waals surface area contributed by atoms with Crippen molar-refractivity contribution >= 4 is 5.97 Å². The van der Waals surface area contributed by atoms with Gasteiger partial charge in [0.05, 0.1) is 11.3 Å². The number of rotatable bonds is 2. The molecule has 0 unspecified atom stereocenters. The summed E-state index contributed by atoms with van der Waals surface area (Å²) in [7, 11) is 0. The summed E-state index contributed by atoms with van der Waals surface area (Å²) < 4.78 is 13.3. The molecule has 0 aliphatic carbocycles. The summed E-state index contributed by atoms with van der Waals surface area (Å²) in [6.45, 7) is 0. The third-order valence-corrected chi connectivity index (χ3v) is 2.00. The zero-order valence-electron chi connectivity index (χ0n) is 7.57. The van der Waals surface area contributed by atoms with Crippen molar-refractivity contribution < 1.29 is 14.3 Å². The normalized spacial score (nSPS) is 10.2. The van der Waals surface area contributed by atoms with Crippen LogP contribution in [0.1, 0.15) is 10.4 Å². The number of halogens is 1. The maximum atomic E-state index is 13.3. The smallest absolute Gasteiger partial charge is 0.338 e. The molecule has 76 valence electrons. The molecule has 0 atom stereocenters. The number of nitrogens with zero attached hydrogens (tertiary/aromatic N) is 1. The predicted octanol–water partition coefficient (Wildman–Crippen LogP) is 1.91. The second kappa shape index (κ2) is 3.53. The van der Waals surface area contributed by atoms with Gasteiger partial charge in [-0.25, -0.2) is 9.18 Å². The molecule has 0 bridgehead atoms. The number of carboxylic acid groups (broad SMARTS) is 1. The minimum absolute atomic E-state index is 0.339. The molecule has 2 N–H and O–H groups in total. The lowest BCUT2D eigenvalue weighted by molar-refractivity contribution is 0.0692. The number of H-pyrrole nitrogens is 1. The summed E-state index contributed by atoms with van der Waals surface area (Å²) in [6, 6.07) is 5.57. The first-order chi connectivity index (χ1) is 7.18. The molecule has 4 nitrogen and oxygen atoms in total. The lowest BCUT2D eigenvalue weighted by Gasteiger charge is -1.99. The molecule has 0 aliphatic heterocycles. The Morgan fingerprint density at radius 2 is 2.20 bits per heavy atom. The van der Waals surface area contributed by atoms with Crippen molar-refractivity contribution in [3.8, 4) is 11.3 Å². The van der Waals surface area contributed by atoms with Crippen molar-refractivity contribution in [1.82, 2.24) is 10.2 Å². The van der Waals surface area contributed by atoms with Gasteiger partial charge in [-0.3, -0.25) is 5.10 Å². The number of carboxylic acids is 1. The van der Waals surface area contributed by atoms with Crippen LogP contribution in [0.25, 0.3) is 11.3 Å². The topological polar surface area (TPSA) is 66.0 Å². The Balaban J connectivity index is 2.47. The molecule has 2 rings (SSSR count). The second-order valence-electron chi connectivity index (χ2n) is 2.96. The SMILES string of the molecule is O=C(O)c1ccc(-c2cc[nH]n2)cc1F. The first kappa shape index (κ1) is 9.39. The van der Waals surface area contributed by atoms with Gasteiger partial charge in [0.1, 0.15) is 5.82 Å². The number of benzene rings is 1. The van der Waals surface area contributed by atoms with E-state index < -0.39 is 11.8 Å². The average molecular weight is 206 g/mol. The summed E-state index contributed by atoms with van der Waals surface area (Å²) in [6.07, 6.45) is 1.61. The first-order valence-electron chi connectivity index (χ1n) is 4.21. The van der Waals surface area contributed by atoms with Crippen molar-refractivity contribution in [3.05, 3.63) is 41.8 Å². The molecule has 0 saturated heterocycles. The molecular formula is C10H7FN2O2. The first-order valence-corrected chi connectivity index (χ1v) is 4.21. The van der Waals surface area contributed by atoms with Gasteiger partial charge in [0.2, 0.25) is 0 Å². The average Bonchev–Trinajstić information content (AvgIpc) is 2.69. The molecular weight excluding hydrogens is 199 g/mol. The third kappa shape index (κ3) is 1.71. The summed E-state index contributed by atoms with van der Waals surface area (Å²) in [5.74, 6) is -2.04. The predicted molar refractivity (Wildman–Crippen MR) is 50.9 cm³/mol. The number of aromatic amines is 1. The quantitative estimate of drug-likeness (QED) is 0.788. The van der Waals surface area contributed by atoms with Crippen LogP contribution in [-0.2, 0) is 0 Å². The lowest BCUT2D eigenvalue weighted by atomic mass is 10.1. The fourth-order valence-corrected chi connectivity index (χ4v) is 1.27. The van der Waals surface area contributed by atoms with Crippen molar-refractivity contribution in [2.24, 2.45) is 0 Å². The highest BCUT2D eigenvalue weighted by molar-refractivity contribution is 5.88. The van der Waals surface area contributed by atoms with Gasteiger partial charge in [0, 0.05) is 11.8 Å². The largest absolute Gasteiger partial charge is 0.478 e. The van der Waals surface area contributed by atoms with Gasteiger partial charge in [-0.1, -0.05) is 6.07 Å². The molecule has 1 heterocycles. The molecule has 0 saturated carbocycles. The number of carbonyl (C=O) groups is 1. The molecule has 0 fully saturated rings. The Labute approximate surface area is 84.4 Å². The van der Waals surface area contributed by atoms with Gasteiger partial charge in [-0.05, 0) is 18.2 Å². The lowest BCUT2D eigenvalue weighted by Crippen LogP contribution is -2.00. The Bertz CT molecular complexity index is 494. The van der Waals surface area contributed by atoms with Gasteiger partial charge in [0.25, 0.3) is 0 Å². The minimum atomic E-state index is -1.28. The molecule has 1 aromatic heterocycles. The van der Waals surface area contributed by atoms with Crippen LogP contribution < -0.4 is 0 Å². The fourth-order valence-electron chi connectivity index (χ4n) is 1.27. The van der Waals surface area contributed by atoms with E-state index in [1.165, 1.54) is 12.1 Å². The maximum absolute atomic E-state index is 13.3. The van der Waals surface area contributed by atoms with Crippen LogP contribution in [-0.4, -0.2) is 21.3 Å². The number of hydrogen-bond acceptors (Lipinski definition) is 2. The molecule has 1 aromatic carbocycles. The number of hydrogen-bond donors (Lipinski definition) is 2. The van der Waals surface area contributed by atoms with E-state index in [4.69, 9.17) is 5.11 Å². The fraction of sp³-hybridized carbons (Fsp3) is 0. The summed E-state index contributed by atoms with van der Waals surface area (Å²) >= 11 is 0. The third-order valence-electron chi connectivity index (χ3n) is 2.00. The summed E-state index contributed by atoms with van der Waals surface area (Å²) in [5.41, 5.74) is 0.777. The highest BCUT2D eigenvalue weighted by atomic mass is 19.1. The van der Waals surface area contributed by atoms with E-state index in [2.05, 4.69) is 10.2 Å². The number of aromatic carboxylic acids is 1. The monoisotopic (exact) mass is 206 g/mol. The van der Waals surface area contributed by atoms with E-state index in [0.717, 1.165) is 6.07 Å². The highest BCUT2D eigenvalue weighted by Gasteiger charge is 2.11. The van der Waals surface area contributed by atoms with E-state index in [-0.39, 0.29) is 5.56 Å². The molecule has 5 heteroatoms. The van der Waals surface area contributed by atoms with Crippen molar-refractivity contribution in [3.63, 3.8) is 0 Å². The van der Waals surface area contributed by atoms with E-state index >= 15 is 0 Å². The molecule has 0 aliphatic rings. The van der Waals surface area contributed by atoms with Crippen LogP contribution in [0.3, 0.4) is 0 Å².